The predicted molar refractivity (Wildman–Crippen MR) is 71.5 cm³/mol. The minimum Gasteiger partial charge on any atom is -0.456 e. The monoisotopic (exact) mass is 312 g/mol. The summed E-state index contributed by atoms with van der Waals surface area (Å²) in [6.07, 6.45) is -4.70. The van der Waals surface area contributed by atoms with Crippen molar-refractivity contribution in [1.29, 1.82) is 0 Å². The van der Waals surface area contributed by atoms with Crippen molar-refractivity contribution in [2.24, 2.45) is 5.73 Å². The number of alkyl halides is 3. The van der Waals surface area contributed by atoms with Crippen LogP contribution < -0.4 is 5.73 Å². The van der Waals surface area contributed by atoms with Crippen LogP contribution in [0.2, 0.25) is 0 Å². The summed E-state index contributed by atoms with van der Waals surface area (Å²) in [6, 6.07) is 0. The summed E-state index contributed by atoms with van der Waals surface area (Å²) >= 11 is 0.605. The van der Waals surface area contributed by atoms with Gasteiger partial charge in [0, 0.05) is 6.54 Å². The van der Waals surface area contributed by atoms with Crippen LogP contribution in [-0.4, -0.2) is 16.6 Å². The molecule has 8 heteroatoms. The first-order valence-electron chi connectivity index (χ1n) is 6.05. The second-order valence-electron chi connectivity index (χ2n) is 4.49. The number of nitrogens with two attached hydrogens (primary N) is 1. The Balaban J connectivity index is 0.00000172. The van der Waals surface area contributed by atoms with E-state index < -0.39 is 28.3 Å². The number of nitrogens with zero attached hydrogens (tertiary/aromatic N) is 1. The van der Waals surface area contributed by atoms with Crippen LogP contribution in [0, 0.1) is 0 Å². The van der Waals surface area contributed by atoms with Gasteiger partial charge in [-0.2, -0.15) is 13.2 Å². The van der Waals surface area contributed by atoms with Crippen molar-refractivity contribution >= 4 is 17.3 Å². The second kappa shape index (κ2) is 7.03. The Hall–Kier alpha value is -1.15. The van der Waals surface area contributed by atoms with E-state index in [9.17, 15) is 18.0 Å². The molecule has 0 atom stereocenters. The topological polar surface area (TPSA) is 65.2 Å². The van der Waals surface area contributed by atoms with Gasteiger partial charge in [-0.25, -0.2) is 9.78 Å². The number of ether oxygens (including phenoxy) is 1. The van der Waals surface area contributed by atoms with Gasteiger partial charge in [-0.3, -0.25) is 0 Å². The molecular formula is C12H19F3N2O2S. The molecule has 0 saturated carbocycles. The molecule has 20 heavy (non-hydrogen) atoms. The molecule has 116 valence electrons. The summed E-state index contributed by atoms with van der Waals surface area (Å²) in [4.78, 5) is 14.4. The number of halogens is 3. The van der Waals surface area contributed by atoms with Crippen molar-refractivity contribution in [2.45, 2.75) is 52.9 Å². The van der Waals surface area contributed by atoms with Gasteiger partial charge in [-0.1, -0.05) is 13.8 Å². The lowest BCUT2D eigenvalue weighted by atomic mass is 10.2. The molecule has 1 rings (SSSR count). The molecular weight excluding hydrogens is 293 g/mol. The van der Waals surface area contributed by atoms with E-state index in [1.807, 2.05) is 13.8 Å². The van der Waals surface area contributed by atoms with Gasteiger partial charge in [0.1, 0.15) is 15.5 Å². The third-order valence-corrected chi connectivity index (χ3v) is 2.76. The number of carbonyl (C=O) groups is 1. The average Bonchev–Trinajstić information content (AvgIpc) is 2.73. The lowest BCUT2D eigenvalue weighted by molar-refractivity contribution is -0.141. The molecule has 0 aliphatic carbocycles. The van der Waals surface area contributed by atoms with E-state index in [4.69, 9.17) is 10.5 Å². The molecule has 0 spiro atoms. The van der Waals surface area contributed by atoms with E-state index >= 15 is 0 Å². The highest BCUT2D eigenvalue weighted by Crippen LogP contribution is 2.35. The van der Waals surface area contributed by atoms with E-state index in [1.54, 1.807) is 20.8 Å². The number of hydrogen-bond donors (Lipinski definition) is 1. The van der Waals surface area contributed by atoms with Crippen LogP contribution in [0.25, 0.3) is 0 Å². The van der Waals surface area contributed by atoms with E-state index in [2.05, 4.69) is 4.98 Å². The van der Waals surface area contributed by atoms with Crippen LogP contribution in [0.15, 0.2) is 0 Å². The van der Waals surface area contributed by atoms with Gasteiger partial charge >= 0.3 is 12.1 Å². The summed E-state index contributed by atoms with van der Waals surface area (Å²) < 4.78 is 43.0. The van der Waals surface area contributed by atoms with Gasteiger partial charge in [0.15, 0.2) is 5.69 Å². The highest BCUT2D eigenvalue weighted by molar-refractivity contribution is 7.13. The molecule has 1 aromatic heterocycles. The number of esters is 1. The first-order valence-corrected chi connectivity index (χ1v) is 6.86. The molecule has 0 fully saturated rings. The average molecular weight is 312 g/mol. The maximum Gasteiger partial charge on any atom is 0.435 e. The minimum atomic E-state index is -4.70. The molecule has 0 aliphatic heterocycles. The fraction of sp³-hybridized carbons (Fsp3) is 0.667. The number of thiazole rings is 1. The number of rotatable bonds is 2. The molecule has 1 aromatic rings. The minimum absolute atomic E-state index is 0.0446. The Kier molecular flexibility index (Phi) is 6.63. The molecule has 0 saturated heterocycles. The van der Waals surface area contributed by atoms with E-state index in [0.29, 0.717) is 11.3 Å². The molecule has 1 heterocycles. The first-order chi connectivity index (χ1) is 9.04. The van der Waals surface area contributed by atoms with Crippen molar-refractivity contribution < 1.29 is 22.7 Å². The summed E-state index contributed by atoms with van der Waals surface area (Å²) in [5.41, 5.74) is 3.13. The van der Waals surface area contributed by atoms with Gasteiger partial charge < -0.3 is 10.5 Å². The molecule has 0 bridgehead atoms. The van der Waals surface area contributed by atoms with Gasteiger partial charge in [-0.15, -0.1) is 11.3 Å². The Bertz CT molecular complexity index is 451. The van der Waals surface area contributed by atoms with Crippen molar-refractivity contribution in [3.63, 3.8) is 0 Å². The Morgan fingerprint density at radius 3 is 2.15 bits per heavy atom. The third-order valence-electron chi connectivity index (χ3n) is 1.70. The zero-order valence-electron chi connectivity index (χ0n) is 12.1. The predicted octanol–water partition coefficient (Wildman–Crippen LogP) is 3.60. The van der Waals surface area contributed by atoms with Gasteiger partial charge in [0.05, 0.1) is 0 Å². The fourth-order valence-electron chi connectivity index (χ4n) is 1.11. The van der Waals surface area contributed by atoms with Crippen LogP contribution in [0.1, 0.15) is 55.0 Å². The van der Waals surface area contributed by atoms with Gasteiger partial charge in [0.25, 0.3) is 0 Å². The van der Waals surface area contributed by atoms with Crippen LogP contribution in [-0.2, 0) is 17.5 Å². The Morgan fingerprint density at radius 2 is 1.80 bits per heavy atom. The van der Waals surface area contributed by atoms with Crippen molar-refractivity contribution in [2.75, 3.05) is 0 Å². The SMILES string of the molecule is CC.CC(C)(C)OC(=O)c1sc(CN)nc1C(F)(F)F. The molecule has 0 radical (unpaired) electrons. The number of carbonyl (C=O) groups excluding carboxylic acids is 1. The quantitative estimate of drug-likeness (QED) is 0.847. The third kappa shape index (κ3) is 5.46. The highest BCUT2D eigenvalue weighted by Gasteiger charge is 2.40. The zero-order chi connectivity index (χ0) is 16.1. The zero-order valence-corrected chi connectivity index (χ0v) is 12.9. The van der Waals surface area contributed by atoms with Crippen LogP contribution in [0.5, 0.6) is 0 Å². The van der Waals surface area contributed by atoms with Crippen molar-refractivity contribution in [3.05, 3.63) is 15.6 Å². The van der Waals surface area contributed by atoms with E-state index in [0.717, 1.165) is 0 Å². The number of aromatic nitrogens is 1. The molecule has 2 N–H and O–H groups in total. The molecule has 4 nitrogen and oxygen atoms in total. The highest BCUT2D eigenvalue weighted by atomic mass is 32.1. The summed E-state index contributed by atoms with van der Waals surface area (Å²) in [5.74, 6) is -1.04. The maximum absolute atomic E-state index is 12.7. The molecule has 0 amide bonds. The van der Waals surface area contributed by atoms with Gasteiger partial charge in [0.2, 0.25) is 0 Å². The smallest absolute Gasteiger partial charge is 0.435 e. The number of hydrogen-bond acceptors (Lipinski definition) is 5. The van der Waals surface area contributed by atoms with Crippen LogP contribution >= 0.6 is 11.3 Å². The standard InChI is InChI=1S/C10H13F3N2O2S.C2H6/c1-9(2,3)17-8(16)6-7(10(11,12)13)15-5(4-14)18-6;1-2/h4,14H2,1-3H3;1-2H3. The molecule has 0 aliphatic rings. The van der Waals surface area contributed by atoms with Crippen molar-refractivity contribution in [3.8, 4) is 0 Å². The maximum atomic E-state index is 12.7. The van der Waals surface area contributed by atoms with Crippen molar-refractivity contribution in [1.82, 2.24) is 4.98 Å². The first kappa shape index (κ1) is 18.9. The van der Waals surface area contributed by atoms with Crippen LogP contribution in [0.3, 0.4) is 0 Å². The lowest BCUT2D eigenvalue weighted by Gasteiger charge is -2.19. The fourth-order valence-corrected chi connectivity index (χ4v) is 1.95. The van der Waals surface area contributed by atoms with Gasteiger partial charge in [-0.05, 0) is 20.8 Å². The van der Waals surface area contributed by atoms with E-state index in [1.165, 1.54) is 0 Å². The normalized spacial score (nSPS) is 11.7. The van der Waals surface area contributed by atoms with Crippen LogP contribution in [0.4, 0.5) is 13.2 Å². The molecule has 0 aromatic carbocycles. The second-order valence-corrected chi connectivity index (χ2v) is 5.57. The van der Waals surface area contributed by atoms with E-state index in [-0.39, 0.29) is 11.6 Å². The summed E-state index contributed by atoms with van der Waals surface area (Å²) in [7, 11) is 0. The Labute approximate surface area is 120 Å². The Morgan fingerprint density at radius 1 is 1.30 bits per heavy atom. The summed E-state index contributed by atoms with van der Waals surface area (Å²) in [6.45, 7) is 8.56. The largest absolute Gasteiger partial charge is 0.456 e. The lowest BCUT2D eigenvalue weighted by Crippen LogP contribution is -2.25. The molecule has 0 unspecified atom stereocenters. The summed E-state index contributed by atoms with van der Waals surface area (Å²) in [5, 5.41) is 0.0446.